The van der Waals surface area contributed by atoms with E-state index >= 15 is 0 Å². The van der Waals surface area contributed by atoms with Crippen LogP contribution in [0, 0.1) is 12.8 Å². The highest BCUT2D eigenvalue weighted by molar-refractivity contribution is 5.47. The average molecular weight is 620 g/mol. The summed E-state index contributed by atoms with van der Waals surface area (Å²) in [7, 11) is 0. The number of nitrogens with one attached hydrogen (secondary N) is 1. The summed E-state index contributed by atoms with van der Waals surface area (Å²) in [6, 6.07) is 8.85. The molecule has 1 atom stereocenters. The molecule has 0 aliphatic carbocycles. The predicted molar refractivity (Wildman–Crippen MR) is 202 cm³/mol. The summed E-state index contributed by atoms with van der Waals surface area (Å²) in [6.45, 7) is 20.4. The monoisotopic (exact) mass is 620 g/mol. The normalized spacial score (nSPS) is 12.7. The number of aromatic nitrogens is 2. The number of pyridine rings is 2. The highest BCUT2D eigenvalue weighted by Crippen LogP contribution is 2.28. The molecule has 0 saturated carbocycles. The minimum Gasteiger partial charge on any atom is -0.370 e. The molecule has 3 heteroatoms. The lowest BCUT2D eigenvalue weighted by Crippen LogP contribution is -2.13. The molecule has 0 saturated heterocycles. The Morgan fingerprint density at radius 3 is 1.93 bits per heavy atom. The molecule has 3 nitrogen and oxygen atoms in total. The zero-order valence-electron chi connectivity index (χ0n) is 31.0. The first-order chi connectivity index (χ1) is 21.8. The molecule has 3 rings (SSSR count). The maximum absolute atomic E-state index is 4.81. The van der Waals surface area contributed by atoms with Gasteiger partial charge < -0.3 is 5.32 Å². The van der Waals surface area contributed by atoms with E-state index in [1.54, 1.807) is 0 Å². The molecular weight excluding hydrogens is 546 g/mol. The number of nitrogens with zero attached hydrogens (tertiary/aromatic N) is 2. The van der Waals surface area contributed by atoms with Gasteiger partial charge in [0.2, 0.25) is 0 Å². The molecule has 0 radical (unpaired) electrons. The van der Waals surface area contributed by atoms with Gasteiger partial charge in [-0.2, -0.15) is 0 Å². The number of anilines is 1. The summed E-state index contributed by atoms with van der Waals surface area (Å²) in [4.78, 5) is 9.30. The predicted octanol–water partition coefficient (Wildman–Crippen LogP) is 13.4. The lowest BCUT2D eigenvalue weighted by molar-refractivity contribution is 0.541. The molecular formula is C42H73N3. The van der Waals surface area contributed by atoms with Crippen molar-refractivity contribution in [1.82, 2.24) is 9.97 Å². The molecule has 1 aliphatic heterocycles. The second kappa shape index (κ2) is 27.0. The van der Waals surface area contributed by atoms with Crippen molar-refractivity contribution in [3.63, 3.8) is 0 Å². The molecule has 1 aliphatic rings. The van der Waals surface area contributed by atoms with Crippen LogP contribution in [0.4, 0.5) is 5.82 Å². The number of aryl methyl sites for hydroxylation is 3. The van der Waals surface area contributed by atoms with Crippen molar-refractivity contribution in [3.05, 3.63) is 65.1 Å². The van der Waals surface area contributed by atoms with Gasteiger partial charge in [0, 0.05) is 24.1 Å². The van der Waals surface area contributed by atoms with Gasteiger partial charge in [0.25, 0.3) is 0 Å². The van der Waals surface area contributed by atoms with Crippen LogP contribution in [0.5, 0.6) is 0 Å². The number of allylic oxidation sites excluding steroid dienone is 1. The maximum atomic E-state index is 4.81. The topological polar surface area (TPSA) is 37.8 Å². The van der Waals surface area contributed by atoms with Crippen molar-refractivity contribution >= 4 is 5.82 Å². The number of rotatable bonds is 20. The Morgan fingerprint density at radius 1 is 0.800 bits per heavy atom. The van der Waals surface area contributed by atoms with Crippen LogP contribution in [0.3, 0.4) is 0 Å². The second-order valence-corrected chi connectivity index (χ2v) is 14.3. The summed E-state index contributed by atoms with van der Waals surface area (Å²) >= 11 is 0. The van der Waals surface area contributed by atoms with E-state index < -0.39 is 0 Å². The fraction of sp³-hybridized carbons (Fsp3) is 0.714. The van der Waals surface area contributed by atoms with Gasteiger partial charge in [-0.25, -0.2) is 4.98 Å². The number of fused-ring (bicyclic) bond motifs is 1. The van der Waals surface area contributed by atoms with Crippen molar-refractivity contribution in [2.45, 2.75) is 183 Å². The van der Waals surface area contributed by atoms with E-state index in [9.17, 15) is 0 Å². The standard InChI is InChI=1S/C25H35N3.C13H28.C4H10/c1-19(2)17-22(23-13-12-20(3)27-18-23)9-6-4-5-7-11-24-15-14-21-10-8-16-26-25(21)28-24;1-3-5-7-9-11-13-12-10-8-6-4-2;1-4(2)3/h12-15,18,22H,1,4-11,16-17H2,2-3H3,(H,26,28);3-13H2,1-2H3;4H,1-3H3. The maximum Gasteiger partial charge on any atom is 0.129 e. The Labute approximate surface area is 280 Å². The summed E-state index contributed by atoms with van der Waals surface area (Å²) in [5.74, 6) is 2.51. The first-order valence-electron chi connectivity index (χ1n) is 19.1. The van der Waals surface area contributed by atoms with E-state index in [0.717, 1.165) is 43.2 Å². The molecule has 0 fully saturated rings. The van der Waals surface area contributed by atoms with Crippen LogP contribution in [0.2, 0.25) is 0 Å². The summed E-state index contributed by atoms with van der Waals surface area (Å²) in [6.07, 6.45) is 28.8. The van der Waals surface area contributed by atoms with Crippen LogP contribution >= 0.6 is 0 Å². The van der Waals surface area contributed by atoms with Crippen LogP contribution in [-0.2, 0) is 12.8 Å². The number of unbranched alkanes of at least 4 members (excludes halogenated alkanes) is 13. The fourth-order valence-corrected chi connectivity index (χ4v) is 5.82. The quantitative estimate of drug-likeness (QED) is 0.118. The van der Waals surface area contributed by atoms with E-state index in [2.05, 4.69) is 88.9 Å². The summed E-state index contributed by atoms with van der Waals surface area (Å²) in [5.41, 5.74) is 6.32. The highest BCUT2D eigenvalue weighted by atomic mass is 15.0. The van der Waals surface area contributed by atoms with Crippen LogP contribution in [0.15, 0.2) is 42.6 Å². The van der Waals surface area contributed by atoms with Crippen molar-refractivity contribution in [2.75, 3.05) is 11.9 Å². The molecule has 45 heavy (non-hydrogen) atoms. The van der Waals surface area contributed by atoms with Gasteiger partial charge in [0.15, 0.2) is 0 Å². The third-order valence-electron chi connectivity index (χ3n) is 8.39. The first kappa shape index (κ1) is 40.9. The van der Waals surface area contributed by atoms with E-state index in [1.807, 2.05) is 6.92 Å². The molecule has 1 N–H and O–H groups in total. The summed E-state index contributed by atoms with van der Waals surface area (Å²) in [5, 5.41) is 3.44. The smallest absolute Gasteiger partial charge is 0.129 e. The molecule has 0 amide bonds. The third-order valence-corrected chi connectivity index (χ3v) is 8.39. The molecule has 256 valence electrons. The van der Waals surface area contributed by atoms with Gasteiger partial charge in [-0.1, -0.05) is 142 Å². The Morgan fingerprint density at radius 2 is 1.38 bits per heavy atom. The second-order valence-electron chi connectivity index (χ2n) is 14.3. The van der Waals surface area contributed by atoms with E-state index in [-0.39, 0.29) is 0 Å². The Balaban J connectivity index is 0.000000498. The zero-order chi connectivity index (χ0) is 33.1. The van der Waals surface area contributed by atoms with Crippen LogP contribution in [0.25, 0.3) is 0 Å². The molecule has 0 aromatic carbocycles. The van der Waals surface area contributed by atoms with Gasteiger partial charge in [-0.15, -0.1) is 6.58 Å². The number of hydrogen-bond acceptors (Lipinski definition) is 3. The van der Waals surface area contributed by atoms with Gasteiger partial charge in [-0.3, -0.25) is 4.98 Å². The Hall–Kier alpha value is -2.16. The molecule has 0 bridgehead atoms. The molecule has 2 aromatic heterocycles. The van der Waals surface area contributed by atoms with E-state index in [0.29, 0.717) is 5.92 Å². The minimum atomic E-state index is 0.555. The first-order valence-corrected chi connectivity index (χ1v) is 19.1. The van der Waals surface area contributed by atoms with Crippen molar-refractivity contribution in [2.24, 2.45) is 5.92 Å². The zero-order valence-corrected chi connectivity index (χ0v) is 31.0. The fourth-order valence-electron chi connectivity index (χ4n) is 5.82. The van der Waals surface area contributed by atoms with E-state index in [4.69, 9.17) is 4.98 Å². The lowest BCUT2D eigenvalue weighted by Gasteiger charge is -2.18. The SMILES string of the molecule is C=C(C)CC(CCCCCCc1ccc2c(n1)NCCC2)c1ccc(C)nc1.CC(C)C.CCCCCCCCCCCCC. The lowest BCUT2D eigenvalue weighted by atomic mass is 9.89. The van der Waals surface area contributed by atoms with Gasteiger partial charge in [-0.05, 0) is 87.5 Å². The average Bonchev–Trinajstić information content (AvgIpc) is 3.01. The molecule has 3 heterocycles. The van der Waals surface area contributed by atoms with Gasteiger partial charge in [0.1, 0.15) is 5.82 Å². The molecule has 1 unspecified atom stereocenters. The minimum absolute atomic E-state index is 0.555. The van der Waals surface area contributed by atoms with E-state index in [1.165, 1.54) is 132 Å². The third kappa shape index (κ3) is 22.1. The van der Waals surface area contributed by atoms with Crippen LogP contribution < -0.4 is 5.32 Å². The number of hydrogen-bond donors (Lipinski definition) is 1. The largest absolute Gasteiger partial charge is 0.370 e. The van der Waals surface area contributed by atoms with Gasteiger partial charge >= 0.3 is 0 Å². The molecule has 2 aromatic rings. The highest BCUT2D eigenvalue weighted by Gasteiger charge is 2.13. The Bertz CT molecular complexity index is 965. The Kier molecular flexibility index (Phi) is 24.5. The van der Waals surface area contributed by atoms with Crippen LogP contribution in [0.1, 0.15) is 186 Å². The van der Waals surface area contributed by atoms with Crippen molar-refractivity contribution in [1.29, 1.82) is 0 Å². The van der Waals surface area contributed by atoms with Crippen molar-refractivity contribution < 1.29 is 0 Å². The van der Waals surface area contributed by atoms with Crippen molar-refractivity contribution in [3.8, 4) is 0 Å². The summed E-state index contributed by atoms with van der Waals surface area (Å²) < 4.78 is 0. The van der Waals surface area contributed by atoms with Gasteiger partial charge in [0.05, 0.1) is 0 Å². The molecule has 0 spiro atoms. The van der Waals surface area contributed by atoms with Crippen LogP contribution in [-0.4, -0.2) is 16.5 Å².